The second-order valence-electron chi connectivity index (χ2n) is 4.52. The summed E-state index contributed by atoms with van der Waals surface area (Å²) in [6.45, 7) is 0.314. The van der Waals surface area contributed by atoms with E-state index in [2.05, 4.69) is 5.32 Å². The Kier molecular flexibility index (Phi) is 5.89. The first kappa shape index (κ1) is 16.4. The largest absolute Gasteiger partial charge is 0.351 e. The molecule has 0 saturated carbocycles. The average Bonchev–Trinajstić information content (AvgIpc) is 2.48. The van der Waals surface area contributed by atoms with Crippen LogP contribution in [0.25, 0.3) is 0 Å². The summed E-state index contributed by atoms with van der Waals surface area (Å²) in [6, 6.07) is 9.29. The maximum Gasteiger partial charge on any atom is 0.254 e. The number of carbonyl (C=O) groups is 1. The van der Waals surface area contributed by atoms with Gasteiger partial charge in [0.25, 0.3) is 5.91 Å². The number of thioether (sulfide) groups is 1. The summed E-state index contributed by atoms with van der Waals surface area (Å²) in [6.07, 6.45) is 0. The minimum atomic E-state index is -0.892. The van der Waals surface area contributed by atoms with E-state index >= 15 is 0 Å². The number of amides is 1. The molecular formula is C16H14F3NOS. The summed E-state index contributed by atoms with van der Waals surface area (Å²) in [5, 5.41) is 2.54. The lowest BCUT2D eigenvalue weighted by Gasteiger charge is -2.07. The van der Waals surface area contributed by atoms with Crippen LogP contribution in [-0.4, -0.2) is 18.2 Å². The molecule has 0 aliphatic heterocycles. The molecule has 6 heteroatoms. The molecule has 22 heavy (non-hydrogen) atoms. The van der Waals surface area contributed by atoms with E-state index in [-0.39, 0.29) is 11.4 Å². The van der Waals surface area contributed by atoms with Gasteiger partial charge in [-0.05, 0) is 23.8 Å². The van der Waals surface area contributed by atoms with Gasteiger partial charge in [0.1, 0.15) is 17.5 Å². The molecule has 0 unspecified atom stereocenters. The molecule has 2 nitrogen and oxygen atoms in total. The van der Waals surface area contributed by atoms with Crippen LogP contribution in [0, 0.1) is 17.5 Å². The van der Waals surface area contributed by atoms with Gasteiger partial charge >= 0.3 is 0 Å². The molecule has 0 spiro atoms. The second-order valence-corrected chi connectivity index (χ2v) is 5.63. The van der Waals surface area contributed by atoms with Crippen molar-refractivity contribution in [2.45, 2.75) is 5.75 Å². The first-order valence-corrected chi connectivity index (χ1v) is 7.78. The van der Waals surface area contributed by atoms with E-state index in [9.17, 15) is 18.0 Å². The van der Waals surface area contributed by atoms with Gasteiger partial charge in [-0.3, -0.25) is 4.79 Å². The van der Waals surface area contributed by atoms with Crippen molar-refractivity contribution in [2.75, 3.05) is 12.3 Å². The highest BCUT2D eigenvalue weighted by Gasteiger charge is 2.11. The van der Waals surface area contributed by atoms with Crippen LogP contribution in [0.4, 0.5) is 13.2 Å². The highest BCUT2D eigenvalue weighted by molar-refractivity contribution is 7.98. The smallest absolute Gasteiger partial charge is 0.254 e. The first-order chi connectivity index (χ1) is 10.6. The molecule has 2 rings (SSSR count). The van der Waals surface area contributed by atoms with Crippen LogP contribution < -0.4 is 5.32 Å². The maximum atomic E-state index is 13.4. The highest BCUT2D eigenvalue weighted by atomic mass is 32.2. The summed E-state index contributed by atoms with van der Waals surface area (Å²) >= 11 is 1.46. The van der Waals surface area contributed by atoms with Crippen LogP contribution in [-0.2, 0) is 5.75 Å². The lowest BCUT2D eigenvalue weighted by molar-refractivity contribution is 0.0952. The number of hydrogen-bond acceptors (Lipinski definition) is 2. The van der Waals surface area contributed by atoms with Crippen LogP contribution in [0.1, 0.15) is 15.9 Å². The average molecular weight is 325 g/mol. The zero-order valence-corrected chi connectivity index (χ0v) is 12.4. The van der Waals surface area contributed by atoms with E-state index < -0.39 is 17.5 Å². The summed E-state index contributed by atoms with van der Waals surface area (Å²) < 4.78 is 39.5. The van der Waals surface area contributed by atoms with Crippen LogP contribution in [0.5, 0.6) is 0 Å². The van der Waals surface area contributed by atoms with Crippen molar-refractivity contribution in [1.82, 2.24) is 5.32 Å². The molecule has 1 N–H and O–H groups in total. The van der Waals surface area contributed by atoms with Gasteiger partial charge in [-0.2, -0.15) is 11.8 Å². The molecular weight excluding hydrogens is 311 g/mol. The van der Waals surface area contributed by atoms with E-state index in [4.69, 9.17) is 0 Å². The molecule has 2 aromatic carbocycles. The van der Waals surface area contributed by atoms with Crippen LogP contribution in [0.3, 0.4) is 0 Å². The minimum absolute atomic E-state index is 0.194. The van der Waals surface area contributed by atoms with E-state index in [0.717, 1.165) is 12.1 Å². The van der Waals surface area contributed by atoms with Gasteiger partial charge in [-0.25, -0.2) is 13.2 Å². The number of rotatable bonds is 6. The Morgan fingerprint density at radius 2 is 1.82 bits per heavy atom. The number of hydrogen-bond donors (Lipinski definition) is 1. The quantitative estimate of drug-likeness (QED) is 0.819. The van der Waals surface area contributed by atoms with Crippen LogP contribution in [0.15, 0.2) is 42.5 Å². The molecule has 0 heterocycles. The van der Waals surface area contributed by atoms with Gasteiger partial charge in [-0.15, -0.1) is 0 Å². The van der Waals surface area contributed by atoms with Crippen molar-refractivity contribution in [1.29, 1.82) is 0 Å². The number of nitrogens with one attached hydrogen (secondary N) is 1. The first-order valence-electron chi connectivity index (χ1n) is 6.62. The zero-order valence-electron chi connectivity index (χ0n) is 11.6. The fourth-order valence-corrected chi connectivity index (χ4v) is 2.65. The van der Waals surface area contributed by atoms with Gasteiger partial charge in [0, 0.05) is 24.1 Å². The van der Waals surface area contributed by atoms with E-state index in [1.54, 1.807) is 18.2 Å². The molecule has 0 aliphatic carbocycles. The summed E-state index contributed by atoms with van der Waals surface area (Å²) in [5.74, 6) is -1.42. The SMILES string of the molecule is O=C(NCCSCc1ccccc1F)c1ccc(F)cc1F. The summed E-state index contributed by atoms with van der Waals surface area (Å²) in [5.41, 5.74) is 0.406. The Bertz CT molecular complexity index is 664. The van der Waals surface area contributed by atoms with Gasteiger partial charge in [0.15, 0.2) is 0 Å². The Balaban J connectivity index is 1.75. The van der Waals surface area contributed by atoms with Crippen molar-refractivity contribution in [3.63, 3.8) is 0 Å². The topological polar surface area (TPSA) is 29.1 Å². The highest BCUT2D eigenvalue weighted by Crippen LogP contribution is 2.15. The molecule has 0 aliphatic rings. The van der Waals surface area contributed by atoms with Crippen molar-refractivity contribution < 1.29 is 18.0 Å². The fraction of sp³-hybridized carbons (Fsp3) is 0.188. The normalized spacial score (nSPS) is 10.5. The van der Waals surface area contributed by atoms with E-state index in [1.165, 1.54) is 17.8 Å². The number of benzene rings is 2. The molecule has 0 fully saturated rings. The van der Waals surface area contributed by atoms with Crippen LogP contribution >= 0.6 is 11.8 Å². The Hall–Kier alpha value is -1.95. The molecule has 1 amide bonds. The monoisotopic (exact) mass is 325 g/mol. The fourth-order valence-electron chi connectivity index (χ4n) is 1.80. The predicted molar refractivity (Wildman–Crippen MR) is 81.3 cm³/mol. The van der Waals surface area contributed by atoms with Crippen LogP contribution in [0.2, 0.25) is 0 Å². The molecule has 0 radical (unpaired) electrons. The molecule has 116 valence electrons. The number of carbonyl (C=O) groups excluding carboxylic acids is 1. The molecule has 0 saturated heterocycles. The number of halogens is 3. The third kappa shape index (κ3) is 4.53. The standard InChI is InChI=1S/C16H14F3NOS/c17-12-5-6-13(15(19)9-12)16(21)20-7-8-22-10-11-3-1-2-4-14(11)18/h1-6,9H,7-8,10H2,(H,20,21). The predicted octanol–water partition coefficient (Wildman–Crippen LogP) is 3.77. The second kappa shape index (κ2) is 7.89. The Morgan fingerprint density at radius 3 is 2.55 bits per heavy atom. The molecule has 0 bridgehead atoms. The molecule has 0 aromatic heterocycles. The van der Waals surface area contributed by atoms with Gasteiger partial charge < -0.3 is 5.32 Å². The minimum Gasteiger partial charge on any atom is -0.351 e. The Labute approximate surface area is 130 Å². The van der Waals surface area contributed by atoms with Crippen molar-refractivity contribution in [3.8, 4) is 0 Å². The third-order valence-corrected chi connectivity index (χ3v) is 3.93. The molecule has 2 aromatic rings. The van der Waals surface area contributed by atoms with Crippen molar-refractivity contribution >= 4 is 17.7 Å². The van der Waals surface area contributed by atoms with E-state index in [1.807, 2.05) is 0 Å². The zero-order chi connectivity index (χ0) is 15.9. The lowest BCUT2D eigenvalue weighted by Crippen LogP contribution is -2.26. The van der Waals surface area contributed by atoms with Gasteiger partial charge in [0.2, 0.25) is 0 Å². The van der Waals surface area contributed by atoms with E-state index in [0.29, 0.717) is 29.7 Å². The summed E-state index contributed by atoms with van der Waals surface area (Å²) in [7, 11) is 0. The van der Waals surface area contributed by atoms with Gasteiger partial charge in [-0.1, -0.05) is 18.2 Å². The third-order valence-electron chi connectivity index (χ3n) is 2.92. The maximum absolute atomic E-state index is 13.4. The van der Waals surface area contributed by atoms with Crippen molar-refractivity contribution in [3.05, 3.63) is 71.0 Å². The Morgan fingerprint density at radius 1 is 1.05 bits per heavy atom. The molecule has 0 atom stereocenters. The van der Waals surface area contributed by atoms with Crippen molar-refractivity contribution in [2.24, 2.45) is 0 Å². The lowest BCUT2D eigenvalue weighted by atomic mass is 10.2. The van der Waals surface area contributed by atoms with Gasteiger partial charge in [0.05, 0.1) is 5.56 Å². The summed E-state index contributed by atoms with van der Waals surface area (Å²) in [4.78, 5) is 11.7.